The van der Waals surface area contributed by atoms with E-state index in [-0.39, 0.29) is 36.9 Å². The molecule has 1 aliphatic heterocycles. The number of ketones is 1. The van der Waals surface area contributed by atoms with Crippen molar-refractivity contribution in [1.82, 2.24) is 0 Å². The summed E-state index contributed by atoms with van der Waals surface area (Å²) in [5, 5.41) is 97.8. The minimum Gasteiger partial charge on any atom is -0.394 e. The summed E-state index contributed by atoms with van der Waals surface area (Å²) in [6, 6.07) is 0. The molecule has 0 radical (unpaired) electrons. The number of fused-ring (bicyclic) bond motifs is 5. The third-order valence-electron chi connectivity index (χ3n) is 13.4. The van der Waals surface area contributed by atoms with Gasteiger partial charge in [-0.15, -0.1) is 0 Å². The molecule has 0 aromatic carbocycles. The molecule has 0 amide bonds. The van der Waals surface area contributed by atoms with Crippen LogP contribution in [0.1, 0.15) is 86.5 Å². The van der Waals surface area contributed by atoms with Gasteiger partial charge in [0.05, 0.1) is 41.7 Å². The highest BCUT2D eigenvalue weighted by atomic mass is 16.7. The molecule has 0 unspecified atom stereocenters. The van der Waals surface area contributed by atoms with E-state index in [1.54, 1.807) is 26.8 Å². The molecule has 5 aliphatic rings. The van der Waals surface area contributed by atoms with Crippen LogP contribution >= 0.6 is 0 Å². The molecule has 4 fully saturated rings. The molecule has 0 aromatic heterocycles. The van der Waals surface area contributed by atoms with Gasteiger partial charge in [-0.1, -0.05) is 20.8 Å². The molecule has 3 saturated carbocycles. The lowest BCUT2D eigenvalue weighted by Crippen LogP contribution is -2.64. The summed E-state index contributed by atoms with van der Waals surface area (Å²) in [7, 11) is 0. The fourth-order valence-corrected chi connectivity index (χ4v) is 9.89. The molecule has 16 atom stereocenters. The van der Waals surface area contributed by atoms with Crippen molar-refractivity contribution in [1.29, 1.82) is 0 Å². The summed E-state index contributed by atoms with van der Waals surface area (Å²) in [6.45, 7) is 10.0. The molecular formula is C34H56O12. The van der Waals surface area contributed by atoms with Crippen LogP contribution in [-0.4, -0.2) is 124 Å². The molecule has 12 heteroatoms. The third kappa shape index (κ3) is 5.53. The Morgan fingerprint density at radius 3 is 2.28 bits per heavy atom. The van der Waals surface area contributed by atoms with Crippen molar-refractivity contribution in [2.75, 3.05) is 6.61 Å². The van der Waals surface area contributed by atoms with Crippen molar-refractivity contribution in [3.05, 3.63) is 11.6 Å². The lowest BCUT2D eigenvalue weighted by molar-refractivity contribution is -0.322. The van der Waals surface area contributed by atoms with Crippen LogP contribution in [0, 0.1) is 34.5 Å². The fourth-order valence-electron chi connectivity index (χ4n) is 9.89. The maximum Gasteiger partial charge on any atom is 0.187 e. The maximum atomic E-state index is 13.9. The van der Waals surface area contributed by atoms with Crippen LogP contribution in [0.3, 0.4) is 0 Å². The van der Waals surface area contributed by atoms with Crippen LogP contribution in [0.25, 0.3) is 0 Å². The van der Waals surface area contributed by atoms with E-state index in [0.717, 1.165) is 0 Å². The number of aliphatic hydroxyl groups is 9. The smallest absolute Gasteiger partial charge is 0.187 e. The van der Waals surface area contributed by atoms with Crippen molar-refractivity contribution in [2.24, 2.45) is 34.5 Å². The van der Waals surface area contributed by atoms with Crippen LogP contribution in [0.5, 0.6) is 0 Å². The molecule has 0 bridgehead atoms. The second-order valence-electron chi connectivity index (χ2n) is 16.4. The van der Waals surface area contributed by atoms with E-state index in [1.807, 2.05) is 20.8 Å². The standard InChI is InChI=1S/C34H56O12/c1-16(30(2,3)42)11-25(38)33(6,43)24-8-10-34(44)18-12-20(36)19-13-22(45-29-28(41)27(40)26(39)23(15-35)46-29)21(37)14-31(19,4)17(18)7-9-32(24,34)5/h12,16-17,19,21-29,35,37-44H,7-11,13-15H2,1-6H3/t16-,17+,19+,21+,22-,23-,24+,25-,26-,27+,28-,29-,31-,32-,33+,34-/m1/s1. The van der Waals surface area contributed by atoms with Crippen molar-refractivity contribution >= 4 is 5.78 Å². The van der Waals surface area contributed by atoms with Gasteiger partial charge in [-0.05, 0) is 101 Å². The normalized spacial score (nSPS) is 48.8. The van der Waals surface area contributed by atoms with Crippen molar-refractivity contribution in [2.45, 2.75) is 152 Å². The van der Waals surface area contributed by atoms with Gasteiger partial charge in [0.1, 0.15) is 24.4 Å². The Kier molecular flexibility index (Phi) is 9.52. The minimum atomic E-state index is -1.64. The summed E-state index contributed by atoms with van der Waals surface area (Å²) < 4.78 is 11.4. The largest absolute Gasteiger partial charge is 0.394 e. The first kappa shape index (κ1) is 36.3. The number of rotatable bonds is 8. The molecule has 0 aromatic rings. The van der Waals surface area contributed by atoms with E-state index in [9.17, 15) is 50.8 Å². The average molecular weight is 657 g/mol. The molecule has 1 saturated heterocycles. The first-order valence-electron chi connectivity index (χ1n) is 16.9. The van der Waals surface area contributed by atoms with Gasteiger partial charge in [0.2, 0.25) is 0 Å². The second kappa shape index (κ2) is 12.1. The molecule has 0 spiro atoms. The second-order valence-corrected chi connectivity index (χ2v) is 16.4. The Labute approximate surface area is 271 Å². The Hall–Kier alpha value is -1.03. The average Bonchev–Trinajstić information content (AvgIpc) is 3.25. The van der Waals surface area contributed by atoms with E-state index in [1.165, 1.54) is 0 Å². The Morgan fingerprint density at radius 2 is 1.67 bits per heavy atom. The first-order valence-corrected chi connectivity index (χ1v) is 16.9. The summed E-state index contributed by atoms with van der Waals surface area (Å²) in [5.41, 5.74) is -4.98. The molecule has 264 valence electrons. The number of aliphatic hydroxyl groups excluding tert-OH is 6. The van der Waals surface area contributed by atoms with Crippen molar-refractivity contribution in [3.63, 3.8) is 0 Å². The van der Waals surface area contributed by atoms with Crippen LogP contribution in [0.15, 0.2) is 11.6 Å². The topological polar surface area (TPSA) is 218 Å². The van der Waals surface area contributed by atoms with E-state index in [4.69, 9.17) is 9.47 Å². The number of hydrogen-bond donors (Lipinski definition) is 9. The van der Waals surface area contributed by atoms with E-state index in [0.29, 0.717) is 31.3 Å². The molecule has 1 heterocycles. The molecule has 46 heavy (non-hydrogen) atoms. The summed E-state index contributed by atoms with van der Waals surface area (Å²) in [4.78, 5) is 13.9. The zero-order chi connectivity index (χ0) is 34.4. The monoisotopic (exact) mass is 656 g/mol. The molecule has 4 aliphatic carbocycles. The maximum absolute atomic E-state index is 13.9. The Balaban J connectivity index is 1.38. The van der Waals surface area contributed by atoms with Gasteiger partial charge in [-0.25, -0.2) is 0 Å². The fraction of sp³-hybridized carbons (Fsp3) is 0.912. The zero-order valence-electron chi connectivity index (χ0n) is 27.9. The summed E-state index contributed by atoms with van der Waals surface area (Å²) in [5.74, 6) is -1.79. The molecule has 12 nitrogen and oxygen atoms in total. The van der Waals surface area contributed by atoms with Crippen molar-refractivity contribution < 1.29 is 60.2 Å². The van der Waals surface area contributed by atoms with E-state index in [2.05, 4.69) is 0 Å². The number of allylic oxidation sites excluding steroid dienone is 1. The SMILES string of the molecule is C[C@H](C[C@@H](O)[C@@](C)(O)[C@H]1CC[C@@]2(O)C3=CC(=O)[C@@H]4C[C@@H](O[C@@H]5O[C@H](CO)[C@@H](O)[C@H](O)[C@H]5O)[C@@H](O)C[C@]4(C)[C@H]3CC[C@]12C)C(C)(C)O. The van der Waals surface area contributed by atoms with Gasteiger partial charge in [0.25, 0.3) is 0 Å². The molecule has 5 rings (SSSR count). The predicted octanol–water partition coefficient (Wildman–Crippen LogP) is -0.0758. The predicted molar refractivity (Wildman–Crippen MR) is 164 cm³/mol. The van der Waals surface area contributed by atoms with Gasteiger partial charge in [0, 0.05) is 11.3 Å². The quantitative estimate of drug-likeness (QED) is 0.168. The van der Waals surface area contributed by atoms with Gasteiger partial charge in [-0.3, -0.25) is 4.79 Å². The molecular weight excluding hydrogens is 600 g/mol. The Morgan fingerprint density at radius 1 is 1.02 bits per heavy atom. The number of carbonyl (C=O) groups is 1. The van der Waals surface area contributed by atoms with Crippen LogP contribution < -0.4 is 0 Å². The summed E-state index contributed by atoms with van der Waals surface area (Å²) in [6.07, 6.45) is -6.75. The highest BCUT2D eigenvalue weighted by Crippen LogP contribution is 2.68. The third-order valence-corrected chi connectivity index (χ3v) is 13.4. The van der Waals surface area contributed by atoms with Crippen LogP contribution in [0.2, 0.25) is 0 Å². The minimum absolute atomic E-state index is 0.102. The number of hydrogen-bond acceptors (Lipinski definition) is 12. The highest BCUT2D eigenvalue weighted by Gasteiger charge is 2.69. The highest BCUT2D eigenvalue weighted by molar-refractivity contribution is 5.95. The lowest BCUT2D eigenvalue weighted by atomic mass is 9.45. The Bertz CT molecular complexity index is 1180. The first-order chi connectivity index (χ1) is 21.1. The van der Waals surface area contributed by atoms with Crippen LogP contribution in [0.4, 0.5) is 0 Å². The van der Waals surface area contributed by atoms with Crippen LogP contribution in [-0.2, 0) is 14.3 Å². The van der Waals surface area contributed by atoms with E-state index >= 15 is 0 Å². The van der Waals surface area contributed by atoms with Gasteiger partial charge in [-0.2, -0.15) is 0 Å². The van der Waals surface area contributed by atoms with Gasteiger partial charge in [0.15, 0.2) is 12.1 Å². The molecule has 9 N–H and O–H groups in total. The van der Waals surface area contributed by atoms with Gasteiger partial charge >= 0.3 is 0 Å². The summed E-state index contributed by atoms with van der Waals surface area (Å²) >= 11 is 0. The number of ether oxygens (including phenoxy) is 2. The van der Waals surface area contributed by atoms with Crippen molar-refractivity contribution in [3.8, 4) is 0 Å². The van der Waals surface area contributed by atoms with E-state index < -0.39 is 95.1 Å². The lowest BCUT2D eigenvalue weighted by Gasteiger charge is -2.61. The van der Waals surface area contributed by atoms with Gasteiger partial charge < -0.3 is 55.4 Å². The number of carbonyl (C=O) groups excluding carboxylic acids is 1. The zero-order valence-corrected chi connectivity index (χ0v) is 27.9.